The van der Waals surface area contributed by atoms with Gasteiger partial charge in [0.05, 0.1) is 0 Å². The molecule has 0 radical (unpaired) electrons. The summed E-state index contributed by atoms with van der Waals surface area (Å²) < 4.78 is 0. The second kappa shape index (κ2) is 8.08. The van der Waals surface area contributed by atoms with Crippen molar-refractivity contribution >= 4 is 11.8 Å². The summed E-state index contributed by atoms with van der Waals surface area (Å²) in [4.78, 5) is 22.9. The normalized spacial score (nSPS) is 18.9. The van der Waals surface area contributed by atoms with Crippen molar-refractivity contribution in [2.24, 2.45) is 5.92 Å². The van der Waals surface area contributed by atoms with Crippen molar-refractivity contribution in [1.29, 1.82) is 0 Å². The van der Waals surface area contributed by atoms with Gasteiger partial charge in [0, 0.05) is 25.4 Å². The van der Waals surface area contributed by atoms with Crippen LogP contribution in [0.15, 0.2) is 0 Å². The zero-order valence-corrected chi connectivity index (χ0v) is 11.4. The highest BCUT2D eigenvalue weighted by molar-refractivity contribution is 5.79. The molecule has 0 aromatic rings. The van der Waals surface area contributed by atoms with E-state index in [1.54, 1.807) is 0 Å². The van der Waals surface area contributed by atoms with Gasteiger partial charge in [-0.1, -0.05) is 0 Å². The number of hydrogen-bond acceptors (Lipinski definition) is 3. The molecule has 0 aliphatic carbocycles. The van der Waals surface area contributed by atoms with Crippen LogP contribution < -0.4 is 16.0 Å². The van der Waals surface area contributed by atoms with Crippen LogP contribution in [0.2, 0.25) is 0 Å². The fourth-order valence-electron chi connectivity index (χ4n) is 2.09. The van der Waals surface area contributed by atoms with E-state index < -0.39 is 0 Å². The molecule has 1 saturated heterocycles. The molecule has 5 heteroatoms. The predicted molar refractivity (Wildman–Crippen MR) is 71.1 cm³/mol. The number of amides is 2. The highest BCUT2D eigenvalue weighted by Crippen LogP contribution is 2.13. The van der Waals surface area contributed by atoms with E-state index >= 15 is 0 Å². The third-order valence-corrected chi connectivity index (χ3v) is 3.07. The summed E-state index contributed by atoms with van der Waals surface area (Å²) in [6, 6.07) is 0.156. The minimum Gasteiger partial charge on any atom is -0.356 e. The van der Waals surface area contributed by atoms with Crippen LogP contribution in [-0.2, 0) is 9.59 Å². The minimum atomic E-state index is -0.00899. The van der Waals surface area contributed by atoms with Gasteiger partial charge in [0.2, 0.25) is 11.8 Å². The van der Waals surface area contributed by atoms with Gasteiger partial charge >= 0.3 is 0 Å². The van der Waals surface area contributed by atoms with Crippen LogP contribution in [0.1, 0.15) is 39.5 Å². The summed E-state index contributed by atoms with van der Waals surface area (Å²) in [5.74, 6) is 0.685. The number of rotatable bonds is 7. The van der Waals surface area contributed by atoms with Gasteiger partial charge in [-0.05, 0) is 45.7 Å². The van der Waals surface area contributed by atoms with Crippen LogP contribution in [0.3, 0.4) is 0 Å². The monoisotopic (exact) mass is 255 g/mol. The van der Waals surface area contributed by atoms with E-state index in [0.717, 1.165) is 19.5 Å². The van der Waals surface area contributed by atoms with E-state index in [0.29, 0.717) is 25.3 Å². The Morgan fingerprint density at radius 2 is 2.06 bits per heavy atom. The predicted octanol–water partition coefficient (Wildman–Crippen LogP) is 0.407. The van der Waals surface area contributed by atoms with Gasteiger partial charge in [-0.2, -0.15) is 0 Å². The van der Waals surface area contributed by atoms with Gasteiger partial charge in [-0.3, -0.25) is 9.59 Å². The van der Waals surface area contributed by atoms with Crippen LogP contribution in [-0.4, -0.2) is 37.5 Å². The number of nitrogens with one attached hydrogen (secondary N) is 3. The lowest BCUT2D eigenvalue weighted by Crippen LogP contribution is -2.34. The summed E-state index contributed by atoms with van der Waals surface area (Å²) in [7, 11) is 0. The van der Waals surface area contributed by atoms with Crippen LogP contribution in [0, 0.1) is 5.92 Å². The summed E-state index contributed by atoms with van der Waals surface area (Å²) in [6.45, 7) is 6.38. The smallest absolute Gasteiger partial charge is 0.221 e. The lowest BCUT2D eigenvalue weighted by Gasteiger charge is -2.10. The second-order valence-corrected chi connectivity index (χ2v) is 5.22. The van der Waals surface area contributed by atoms with Crippen LogP contribution in [0.4, 0.5) is 0 Å². The van der Waals surface area contributed by atoms with Crippen molar-refractivity contribution in [2.45, 2.75) is 45.6 Å². The molecule has 3 N–H and O–H groups in total. The Bertz CT molecular complexity index is 273. The number of carbonyl (C=O) groups excluding carboxylic acids is 2. The highest BCUT2D eigenvalue weighted by Gasteiger charge is 2.15. The molecule has 1 rings (SSSR count). The molecule has 0 bridgehead atoms. The van der Waals surface area contributed by atoms with E-state index in [-0.39, 0.29) is 17.9 Å². The van der Waals surface area contributed by atoms with Gasteiger partial charge in [-0.15, -0.1) is 0 Å². The molecule has 1 fully saturated rings. The van der Waals surface area contributed by atoms with Gasteiger partial charge in [0.25, 0.3) is 0 Å². The molecule has 5 nitrogen and oxygen atoms in total. The largest absolute Gasteiger partial charge is 0.356 e. The highest BCUT2D eigenvalue weighted by atomic mass is 16.2. The molecule has 1 atom stereocenters. The van der Waals surface area contributed by atoms with E-state index in [9.17, 15) is 9.59 Å². The van der Waals surface area contributed by atoms with E-state index in [1.165, 1.54) is 6.42 Å². The van der Waals surface area contributed by atoms with Crippen molar-refractivity contribution in [1.82, 2.24) is 16.0 Å². The van der Waals surface area contributed by atoms with Crippen molar-refractivity contribution in [3.8, 4) is 0 Å². The van der Waals surface area contributed by atoms with E-state index in [2.05, 4.69) is 16.0 Å². The minimum absolute atomic E-state index is 0.00899. The number of hydrogen-bond donors (Lipinski definition) is 3. The average Bonchev–Trinajstić information content (AvgIpc) is 2.78. The molecular formula is C13H25N3O2. The summed E-state index contributed by atoms with van der Waals surface area (Å²) in [5.41, 5.74) is 0. The maximum absolute atomic E-state index is 11.5. The summed E-state index contributed by atoms with van der Waals surface area (Å²) >= 11 is 0. The first-order valence-electron chi connectivity index (χ1n) is 6.84. The molecular weight excluding hydrogens is 230 g/mol. The molecule has 1 heterocycles. The van der Waals surface area contributed by atoms with Gasteiger partial charge < -0.3 is 16.0 Å². The molecule has 0 saturated carbocycles. The van der Waals surface area contributed by atoms with Crippen LogP contribution in [0.25, 0.3) is 0 Å². The molecule has 0 aromatic heterocycles. The second-order valence-electron chi connectivity index (χ2n) is 5.22. The van der Waals surface area contributed by atoms with Crippen LogP contribution in [0.5, 0.6) is 0 Å². The topological polar surface area (TPSA) is 70.2 Å². The Hall–Kier alpha value is -1.10. The average molecular weight is 255 g/mol. The van der Waals surface area contributed by atoms with Crippen molar-refractivity contribution in [3.63, 3.8) is 0 Å². The Morgan fingerprint density at radius 3 is 2.67 bits per heavy atom. The number of carbonyl (C=O) groups is 2. The Kier molecular flexibility index (Phi) is 6.72. The van der Waals surface area contributed by atoms with Gasteiger partial charge in [0.15, 0.2) is 0 Å². The van der Waals surface area contributed by atoms with E-state index in [4.69, 9.17) is 0 Å². The van der Waals surface area contributed by atoms with Crippen molar-refractivity contribution in [2.75, 3.05) is 19.6 Å². The Balaban J connectivity index is 2.00. The third-order valence-electron chi connectivity index (χ3n) is 3.07. The van der Waals surface area contributed by atoms with Crippen LogP contribution >= 0.6 is 0 Å². The Morgan fingerprint density at radius 1 is 1.28 bits per heavy atom. The standard InChI is InChI=1S/C13H25N3O2/c1-10(2)16-13(18)6-8-15-12(17)4-3-11-5-7-14-9-11/h10-11,14H,3-9H2,1-2H3,(H,15,17)(H,16,18). The van der Waals surface area contributed by atoms with Crippen molar-refractivity contribution in [3.05, 3.63) is 0 Å². The lowest BCUT2D eigenvalue weighted by molar-refractivity contribution is -0.122. The molecule has 1 aliphatic heterocycles. The third kappa shape index (κ3) is 6.59. The van der Waals surface area contributed by atoms with Gasteiger partial charge in [-0.25, -0.2) is 0 Å². The summed E-state index contributed by atoms with van der Waals surface area (Å²) in [5, 5.41) is 8.87. The molecule has 0 spiro atoms. The maximum Gasteiger partial charge on any atom is 0.221 e. The van der Waals surface area contributed by atoms with Crippen molar-refractivity contribution < 1.29 is 9.59 Å². The first-order valence-corrected chi connectivity index (χ1v) is 6.84. The maximum atomic E-state index is 11.5. The molecule has 1 aliphatic rings. The zero-order valence-electron chi connectivity index (χ0n) is 11.4. The first-order chi connectivity index (χ1) is 8.58. The molecule has 0 aromatic carbocycles. The van der Waals surface area contributed by atoms with Gasteiger partial charge in [0.1, 0.15) is 0 Å². The molecule has 104 valence electrons. The fraction of sp³-hybridized carbons (Fsp3) is 0.846. The quantitative estimate of drug-likeness (QED) is 0.617. The molecule has 2 amide bonds. The molecule has 1 unspecified atom stereocenters. The molecule has 18 heavy (non-hydrogen) atoms. The summed E-state index contributed by atoms with van der Waals surface area (Å²) in [6.07, 6.45) is 3.04. The lowest BCUT2D eigenvalue weighted by atomic mass is 10.0. The Labute approximate surface area is 109 Å². The zero-order chi connectivity index (χ0) is 13.4. The first kappa shape index (κ1) is 15.0. The SMILES string of the molecule is CC(C)NC(=O)CCNC(=O)CCC1CCNC1. The van der Waals surface area contributed by atoms with E-state index in [1.807, 2.05) is 13.8 Å². The fourth-order valence-corrected chi connectivity index (χ4v) is 2.09.